The van der Waals surface area contributed by atoms with Crippen molar-refractivity contribution in [1.82, 2.24) is 0 Å². The van der Waals surface area contributed by atoms with E-state index in [1.165, 1.54) is 23.3 Å². The number of rotatable bonds is 1. The quantitative estimate of drug-likeness (QED) is 0.725. The van der Waals surface area contributed by atoms with Crippen molar-refractivity contribution < 1.29 is 0 Å². The largest absolute Gasteiger partial charge is 0.197 e. The topological polar surface area (TPSA) is 23.8 Å². The van der Waals surface area contributed by atoms with Crippen molar-refractivity contribution in [3.8, 4) is 6.07 Å². The summed E-state index contributed by atoms with van der Waals surface area (Å²) in [6.07, 6.45) is 4.72. The zero-order valence-corrected chi connectivity index (χ0v) is 10.6. The van der Waals surface area contributed by atoms with Gasteiger partial charge < -0.3 is 0 Å². The van der Waals surface area contributed by atoms with Gasteiger partial charge in [-0.05, 0) is 45.1 Å². The predicted octanol–water partition coefficient (Wildman–Crippen LogP) is 4.08. The molecule has 0 radical (unpaired) electrons. The molecule has 1 aromatic heterocycles. The number of hydrogen-bond donors (Lipinski definition) is 0. The van der Waals surface area contributed by atoms with Gasteiger partial charge in [-0.25, -0.2) is 0 Å². The Balaban J connectivity index is 2.52. The average molecular weight is 240 g/mol. The van der Waals surface area contributed by atoms with Gasteiger partial charge in [0.1, 0.15) is 0 Å². The van der Waals surface area contributed by atoms with Gasteiger partial charge in [0.2, 0.25) is 0 Å². The van der Waals surface area contributed by atoms with Gasteiger partial charge in [0.25, 0.3) is 0 Å². The lowest BCUT2D eigenvalue weighted by Crippen LogP contribution is -2.12. The molecule has 3 heteroatoms. The van der Waals surface area contributed by atoms with Crippen molar-refractivity contribution in [2.24, 2.45) is 0 Å². The van der Waals surface area contributed by atoms with Crippen LogP contribution in [0.4, 0.5) is 0 Å². The molecule has 0 saturated carbocycles. The minimum absolute atomic E-state index is 0.445. The van der Waals surface area contributed by atoms with Crippen molar-refractivity contribution in [2.45, 2.75) is 44.9 Å². The van der Waals surface area contributed by atoms with E-state index in [0.29, 0.717) is 0 Å². The number of aryl methyl sites for hydroxylation is 1. The third kappa shape index (κ3) is 1.79. The Morgan fingerprint density at radius 3 is 2.60 bits per heavy atom. The third-order valence-electron chi connectivity index (χ3n) is 2.95. The lowest BCUT2D eigenvalue weighted by Gasteiger charge is -2.13. The molecule has 0 fully saturated rings. The second-order valence-corrected chi connectivity index (χ2v) is 6.07. The zero-order valence-electron chi connectivity index (χ0n) is 9.06. The molecule has 2 rings (SSSR count). The van der Waals surface area contributed by atoms with E-state index in [-0.39, 0.29) is 0 Å². The maximum Gasteiger partial charge on any atom is 0.0873 e. The summed E-state index contributed by atoms with van der Waals surface area (Å²) in [6.45, 7) is 3.88. The number of nitrogens with zero attached hydrogens (tertiary/aromatic N) is 1. The molecule has 0 atom stereocenters. The van der Waals surface area contributed by atoms with E-state index in [4.69, 9.17) is 16.9 Å². The highest BCUT2D eigenvalue weighted by Crippen LogP contribution is 2.43. The van der Waals surface area contributed by atoms with E-state index in [9.17, 15) is 0 Å². The first-order valence-electron chi connectivity index (χ1n) is 5.28. The lowest BCUT2D eigenvalue weighted by molar-refractivity contribution is 0.690. The van der Waals surface area contributed by atoms with Crippen LogP contribution in [0.3, 0.4) is 0 Å². The fraction of sp³-hybridized carbons (Fsp3) is 0.583. The second kappa shape index (κ2) is 3.81. The van der Waals surface area contributed by atoms with Crippen LogP contribution in [0.15, 0.2) is 0 Å². The highest BCUT2D eigenvalue weighted by molar-refractivity contribution is 7.13. The van der Waals surface area contributed by atoms with Gasteiger partial charge in [-0.2, -0.15) is 5.26 Å². The summed E-state index contributed by atoms with van der Waals surface area (Å²) in [6, 6.07) is 2.33. The Hall–Kier alpha value is -0.520. The van der Waals surface area contributed by atoms with Crippen LogP contribution >= 0.6 is 22.9 Å². The van der Waals surface area contributed by atoms with Crippen LogP contribution in [0.1, 0.15) is 42.0 Å². The van der Waals surface area contributed by atoms with Gasteiger partial charge in [0.05, 0.1) is 16.5 Å². The number of hydrogen-bond acceptors (Lipinski definition) is 2. The summed E-state index contributed by atoms with van der Waals surface area (Å²) < 4.78 is 0. The van der Waals surface area contributed by atoms with Crippen molar-refractivity contribution in [2.75, 3.05) is 0 Å². The molecule has 15 heavy (non-hydrogen) atoms. The summed E-state index contributed by atoms with van der Waals surface area (Å²) in [7, 11) is 0. The second-order valence-electron chi connectivity index (χ2n) is 4.59. The number of halogens is 1. The van der Waals surface area contributed by atoms with Crippen molar-refractivity contribution >= 4 is 22.9 Å². The molecular formula is C12H14ClNS. The summed E-state index contributed by atoms with van der Waals surface area (Å²) in [5.41, 5.74) is 0.866. The molecule has 0 spiro atoms. The predicted molar refractivity (Wildman–Crippen MR) is 64.6 cm³/mol. The van der Waals surface area contributed by atoms with Gasteiger partial charge in [0.15, 0.2) is 0 Å². The summed E-state index contributed by atoms with van der Waals surface area (Å²) in [5.74, 6) is 0. The smallest absolute Gasteiger partial charge is 0.0873 e. The molecule has 1 aromatic rings. The molecule has 1 nitrogen and oxygen atoms in total. The molecule has 0 aliphatic heterocycles. The van der Waals surface area contributed by atoms with Crippen molar-refractivity contribution in [3.63, 3.8) is 0 Å². The number of thiophene rings is 1. The molecule has 1 aliphatic rings. The average Bonchev–Trinajstić information content (AvgIpc) is 2.58. The van der Waals surface area contributed by atoms with Crippen LogP contribution in [0, 0.1) is 11.3 Å². The molecule has 0 aromatic carbocycles. The zero-order chi connectivity index (χ0) is 11.1. The van der Waals surface area contributed by atoms with Crippen LogP contribution in [0.5, 0.6) is 0 Å². The van der Waals surface area contributed by atoms with E-state index in [1.54, 1.807) is 11.3 Å². The van der Waals surface area contributed by atoms with Crippen LogP contribution in [-0.2, 0) is 18.3 Å². The molecular weight excluding hydrogens is 226 g/mol. The minimum atomic E-state index is -0.445. The van der Waals surface area contributed by atoms with Crippen LogP contribution in [-0.4, -0.2) is 0 Å². The van der Waals surface area contributed by atoms with E-state index in [1.807, 2.05) is 13.8 Å². The maximum atomic E-state index is 9.13. The first-order valence-corrected chi connectivity index (χ1v) is 6.47. The highest BCUT2D eigenvalue weighted by Gasteiger charge is 2.29. The van der Waals surface area contributed by atoms with E-state index >= 15 is 0 Å². The van der Waals surface area contributed by atoms with Crippen LogP contribution in [0.2, 0.25) is 5.02 Å². The minimum Gasteiger partial charge on any atom is -0.197 e. The van der Waals surface area contributed by atoms with Gasteiger partial charge >= 0.3 is 0 Å². The summed E-state index contributed by atoms with van der Waals surface area (Å²) in [4.78, 5) is 2.46. The van der Waals surface area contributed by atoms with E-state index in [0.717, 1.165) is 22.7 Å². The molecule has 0 unspecified atom stereocenters. The normalized spacial score (nSPS) is 15.9. The standard InChI is InChI=1S/C12H14ClNS/c1-12(2,7-14)11-10(13)8-5-3-4-6-9(8)15-11/h3-6H2,1-2H3. The maximum absolute atomic E-state index is 9.13. The SMILES string of the molecule is CC(C)(C#N)c1sc2c(c1Cl)CCCC2. The summed E-state index contributed by atoms with van der Waals surface area (Å²) >= 11 is 8.10. The molecule has 0 amide bonds. The van der Waals surface area contributed by atoms with Gasteiger partial charge in [-0.15, -0.1) is 11.3 Å². The highest BCUT2D eigenvalue weighted by atomic mass is 35.5. The van der Waals surface area contributed by atoms with E-state index < -0.39 is 5.41 Å². The molecule has 1 heterocycles. The number of fused-ring (bicyclic) bond motifs is 1. The van der Waals surface area contributed by atoms with Crippen molar-refractivity contribution in [1.29, 1.82) is 5.26 Å². The summed E-state index contributed by atoms with van der Waals surface area (Å²) in [5, 5.41) is 9.99. The van der Waals surface area contributed by atoms with Crippen LogP contribution in [0.25, 0.3) is 0 Å². The van der Waals surface area contributed by atoms with Crippen molar-refractivity contribution in [3.05, 3.63) is 20.3 Å². The first-order chi connectivity index (χ1) is 7.06. The van der Waals surface area contributed by atoms with E-state index in [2.05, 4.69) is 6.07 Å². The van der Waals surface area contributed by atoms with Gasteiger partial charge in [0, 0.05) is 9.75 Å². The monoisotopic (exact) mass is 239 g/mol. The molecule has 80 valence electrons. The Morgan fingerprint density at radius 1 is 1.33 bits per heavy atom. The Bertz CT molecular complexity index is 426. The third-order valence-corrected chi connectivity index (χ3v) is 5.10. The number of nitriles is 1. The molecule has 0 bridgehead atoms. The fourth-order valence-corrected chi connectivity index (χ4v) is 3.93. The van der Waals surface area contributed by atoms with Gasteiger partial charge in [-0.3, -0.25) is 0 Å². The molecule has 0 saturated heterocycles. The first kappa shape index (κ1) is 11.0. The fourth-order valence-electron chi connectivity index (χ4n) is 1.98. The van der Waals surface area contributed by atoms with Gasteiger partial charge in [-0.1, -0.05) is 11.6 Å². The molecule has 1 aliphatic carbocycles. The lowest BCUT2D eigenvalue weighted by atomic mass is 9.91. The Morgan fingerprint density at radius 2 is 2.00 bits per heavy atom. The Labute approximate surface area is 99.7 Å². The molecule has 0 N–H and O–H groups in total. The van der Waals surface area contributed by atoms with Crippen LogP contribution < -0.4 is 0 Å². The Kier molecular flexibility index (Phi) is 2.79.